The van der Waals surface area contributed by atoms with Gasteiger partial charge in [-0.1, -0.05) is 57.5 Å². The van der Waals surface area contributed by atoms with Gasteiger partial charge in [-0.3, -0.25) is 28.8 Å². The molecule has 1 aromatic carbocycles. The third kappa shape index (κ3) is 20.6. The molecular weight excluding hydrogens is 766 g/mol. The number of carboxylic acid groups (broad SMARTS) is 1. The Morgan fingerprint density at radius 1 is 0.754 bits per heavy atom. The van der Waals surface area contributed by atoms with Crippen molar-refractivity contribution in [2.24, 2.45) is 17.6 Å². The number of halogens is 1. The normalized spacial score (nSPS) is 13.9. The minimum absolute atomic E-state index is 0.0131. The van der Waals surface area contributed by atoms with Crippen LogP contribution in [0.1, 0.15) is 99.5 Å². The van der Waals surface area contributed by atoms with Crippen LogP contribution in [0.3, 0.4) is 0 Å². The maximum Gasteiger partial charge on any atom is 0.408 e. The van der Waals surface area contributed by atoms with Crippen LogP contribution in [0.5, 0.6) is 0 Å². The molecule has 0 aromatic heterocycles. The van der Waals surface area contributed by atoms with Crippen LogP contribution in [0.25, 0.3) is 0 Å². The number of aliphatic carboxylic acids is 1. The number of unbranched alkanes of at least 4 members (excludes halogenated alkanes) is 1. The second kappa shape index (κ2) is 24.5. The van der Waals surface area contributed by atoms with Crippen molar-refractivity contribution < 1.29 is 52.9 Å². The third-order valence-electron chi connectivity index (χ3n) is 8.14. The monoisotopic (exact) mass is 825 g/mol. The summed E-state index contributed by atoms with van der Waals surface area (Å²) in [5, 5.41) is 25.0. The van der Waals surface area contributed by atoms with Crippen molar-refractivity contribution in [3.05, 3.63) is 34.9 Å². The Balaban J connectivity index is 3.24. The summed E-state index contributed by atoms with van der Waals surface area (Å²) in [5.74, 6) is -5.80. The molecule has 19 heteroatoms. The summed E-state index contributed by atoms with van der Waals surface area (Å²) in [5.41, 5.74) is 5.12. The number of carbonyl (C=O) groups excluding carboxylic acids is 7. The van der Waals surface area contributed by atoms with Crippen LogP contribution in [0.15, 0.2) is 24.3 Å². The standard InChI is InChI=1S/C38H60ClN7O11/c1-21(2)19-28(33(50)42-23(5)35(52)53)45-31(48)26(15-11-12-18-41-36(54)56-20-24-13-9-10-14-25(24)39)43-32(49)27(16-17-29(40)47)44-34(51)30(22(3)4)46-37(55)57-38(6,7)8/h9-10,13-14,21-23,26-28,30H,11-12,15-20H2,1-8H3,(H2,40,47)(H,41,54)(H,42,50)(H,43,49)(H,44,51)(H,45,48)(H,46,55)(H,52,53)/t23-,26-,27-,28-,30-/m0/s1. The Bertz CT molecular complexity index is 1550. The van der Waals surface area contributed by atoms with Gasteiger partial charge in [-0.2, -0.15) is 0 Å². The van der Waals surface area contributed by atoms with Gasteiger partial charge < -0.3 is 52.2 Å². The number of nitrogens with one attached hydrogen (secondary N) is 6. The molecule has 0 aliphatic carbocycles. The lowest BCUT2D eigenvalue weighted by Crippen LogP contribution is -2.59. The van der Waals surface area contributed by atoms with Crippen LogP contribution in [0.4, 0.5) is 9.59 Å². The number of amides is 7. The van der Waals surface area contributed by atoms with E-state index in [9.17, 15) is 43.5 Å². The van der Waals surface area contributed by atoms with Crippen molar-refractivity contribution in [2.45, 2.75) is 136 Å². The molecule has 18 nitrogen and oxygen atoms in total. The first kappa shape index (κ1) is 49.9. The average molecular weight is 826 g/mol. The first-order valence-electron chi connectivity index (χ1n) is 18.9. The third-order valence-corrected chi connectivity index (χ3v) is 8.51. The summed E-state index contributed by atoms with van der Waals surface area (Å²) in [6.07, 6.45) is -1.46. The number of primary amides is 1. The van der Waals surface area contributed by atoms with Crippen LogP contribution >= 0.6 is 11.6 Å². The molecule has 0 saturated carbocycles. The first-order valence-corrected chi connectivity index (χ1v) is 19.2. The highest BCUT2D eigenvalue weighted by Crippen LogP contribution is 2.16. The highest BCUT2D eigenvalue weighted by Gasteiger charge is 2.33. The Morgan fingerprint density at radius 3 is 1.86 bits per heavy atom. The first-order chi connectivity index (χ1) is 26.5. The topological polar surface area (TPSA) is 273 Å². The molecule has 5 atom stereocenters. The van der Waals surface area contributed by atoms with E-state index in [0.717, 1.165) is 0 Å². The van der Waals surface area contributed by atoms with E-state index in [1.54, 1.807) is 72.7 Å². The molecule has 0 unspecified atom stereocenters. The fourth-order valence-corrected chi connectivity index (χ4v) is 5.34. The number of benzene rings is 1. The van der Waals surface area contributed by atoms with E-state index in [1.165, 1.54) is 6.92 Å². The van der Waals surface area contributed by atoms with E-state index in [-0.39, 0.29) is 51.2 Å². The maximum atomic E-state index is 13.8. The number of carboxylic acids is 1. The number of ether oxygens (including phenoxy) is 2. The molecule has 57 heavy (non-hydrogen) atoms. The predicted molar refractivity (Wildman–Crippen MR) is 210 cm³/mol. The Labute approximate surface area is 338 Å². The van der Waals surface area contributed by atoms with Crippen LogP contribution in [-0.2, 0) is 44.8 Å². The molecule has 0 spiro atoms. The van der Waals surface area contributed by atoms with E-state index in [4.69, 9.17) is 26.8 Å². The number of alkyl carbamates (subject to hydrolysis) is 2. The van der Waals surface area contributed by atoms with Crippen molar-refractivity contribution in [1.82, 2.24) is 31.9 Å². The molecular formula is C38H60ClN7O11. The minimum Gasteiger partial charge on any atom is -0.480 e. The minimum atomic E-state index is -1.40. The lowest BCUT2D eigenvalue weighted by molar-refractivity contribution is -0.142. The van der Waals surface area contributed by atoms with E-state index in [1.807, 2.05) is 0 Å². The molecule has 0 aliphatic rings. The SMILES string of the molecule is CC(C)C[C@H](NC(=O)[C@H](CCCCNC(=O)OCc1ccccc1Cl)NC(=O)[C@H](CCC(N)=O)NC(=O)[C@@H](NC(=O)OC(C)(C)C)C(C)C)C(=O)N[C@@H](C)C(=O)O. The predicted octanol–water partition coefficient (Wildman–Crippen LogP) is 2.64. The van der Waals surface area contributed by atoms with Gasteiger partial charge >= 0.3 is 18.2 Å². The van der Waals surface area contributed by atoms with Crippen molar-refractivity contribution in [2.75, 3.05) is 6.54 Å². The molecule has 1 rings (SSSR count). The summed E-state index contributed by atoms with van der Waals surface area (Å²) in [6.45, 7) is 13.2. The zero-order chi connectivity index (χ0) is 43.5. The number of hydrogen-bond donors (Lipinski definition) is 8. The molecule has 0 bridgehead atoms. The fraction of sp³-hybridized carbons (Fsp3) is 0.632. The maximum absolute atomic E-state index is 13.8. The molecule has 1 aromatic rings. The molecule has 0 radical (unpaired) electrons. The highest BCUT2D eigenvalue weighted by molar-refractivity contribution is 6.31. The smallest absolute Gasteiger partial charge is 0.408 e. The van der Waals surface area contributed by atoms with Gasteiger partial charge in [0.1, 0.15) is 42.4 Å². The largest absolute Gasteiger partial charge is 0.480 e. The van der Waals surface area contributed by atoms with Crippen molar-refractivity contribution >= 4 is 59.3 Å². The zero-order valence-electron chi connectivity index (χ0n) is 34.0. The quantitative estimate of drug-likeness (QED) is 0.0743. The molecule has 0 heterocycles. The second-order valence-electron chi connectivity index (χ2n) is 15.3. The Hall–Kier alpha value is -5.13. The van der Waals surface area contributed by atoms with Crippen LogP contribution in [0, 0.1) is 11.8 Å². The van der Waals surface area contributed by atoms with E-state index in [0.29, 0.717) is 17.0 Å². The molecule has 0 aliphatic heterocycles. The molecule has 0 saturated heterocycles. The summed E-state index contributed by atoms with van der Waals surface area (Å²) in [7, 11) is 0. The molecule has 0 fully saturated rings. The number of rotatable bonds is 23. The van der Waals surface area contributed by atoms with Gasteiger partial charge in [0.2, 0.25) is 29.5 Å². The van der Waals surface area contributed by atoms with Gasteiger partial charge in [-0.15, -0.1) is 0 Å². The lowest BCUT2D eigenvalue weighted by Gasteiger charge is -2.28. The Kier molecular flexibility index (Phi) is 21.4. The summed E-state index contributed by atoms with van der Waals surface area (Å²) >= 11 is 6.11. The van der Waals surface area contributed by atoms with Crippen molar-refractivity contribution in [3.63, 3.8) is 0 Å². The number of nitrogens with two attached hydrogens (primary N) is 1. The van der Waals surface area contributed by atoms with Gasteiger partial charge in [0.15, 0.2) is 0 Å². The Morgan fingerprint density at radius 2 is 1.32 bits per heavy atom. The van der Waals surface area contributed by atoms with E-state index < -0.39 is 89.4 Å². The average Bonchev–Trinajstić information content (AvgIpc) is 3.09. The molecule has 9 N–H and O–H groups in total. The van der Waals surface area contributed by atoms with Crippen LogP contribution in [-0.4, -0.2) is 95.2 Å². The summed E-state index contributed by atoms with van der Waals surface area (Å²) in [4.78, 5) is 102. The van der Waals surface area contributed by atoms with Gasteiger partial charge in [-0.05, 0) is 77.7 Å². The summed E-state index contributed by atoms with van der Waals surface area (Å²) in [6, 6.07) is 0.579. The number of hydrogen-bond acceptors (Lipinski definition) is 10. The summed E-state index contributed by atoms with van der Waals surface area (Å²) < 4.78 is 10.5. The lowest BCUT2D eigenvalue weighted by atomic mass is 10.0. The van der Waals surface area contributed by atoms with Crippen LogP contribution < -0.4 is 37.6 Å². The van der Waals surface area contributed by atoms with Gasteiger partial charge in [-0.25, -0.2) is 9.59 Å². The van der Waals surface area contributed by atoms with Gasteiger partial charge in [0, 0.05) is 23.6 Å². The zero-order valence-corrected chi connectivity index (χ0v) is 34.7. The molecule has 320 valence electrons. The highest BCUT2D eigenvalue weighted by atomic mass is 35.5. The fourth-order valence-electron chi connectivity index (χ4n) is 5.15. The van der Waals surface area contributed by atoms with Crippen LogP contribution in [0.2, 0.25) is 5.02 Å². The van der Waals surface area contributed by atoms with Crippen molar-refractivity contribution in [3.8, 4) is 0 Å². The van der Waals surface area contributed by atoms with E-state index >= 15 is 0 Å². The number of carbonyl (C=O) groups is 8. The second-order valence-corrected chi connectivity index (χ2v) is 15.8. The van der Waals surface area contributed by atoms with Gasteiger partial charge in [0.05, 0.1) is 0 Å². The van der Waals surface area contributed by atoms with E-state index in [2.05, 4.69) is 31.9 Å². The van der Waals surface area contributed by atoms with Gasteiger partial charge in [0.25, 0.3) is 0 Å². The van der Waals surface area contributed by atoms with Crippen molar-refractivity contribution in [1.29, 1.82) is 0 Å². The molecule has 7 amide bonds.